The highest BCUT2D eigenvalue weighted by Gasteiger charge is 2.02. The van der Waals surface area contributed by atoms with Gasteiger partial charge in [0, 0.05) is 25.5 Å². The number of rotatable bonds is 5. The highest BCUT2D eigenvalue weighted by Crippen LogP contribution is 2.08. The zero-order valence-electron chi connectivity index (χ0n) is 9.86. The molecule has 90 valence electrons. The van der Waals surface area contributed by atoms with Crippen molar-refractivity contribution < 1.29 is 4.39 Å². The SMILES string of the molecule is CCn1ccnc1NCCc1ccccc1F. The molecular weight excluding hydrogens is 217 g/mol. The summed E-state index contributed by atoms with van der Waals surface area (Å²) in [5.74, 6) is 0.692. The highest BCUT2D eigenvalue weighted by atomic mass is 19.1. The fourth-order valence-electron chi connectivity index (χ4n) is 1.74. The average molecular weight is 233 g/mol. The Labute approximate surface area is 100 Å². The first kappa shape index (κ1) is 11.6. The van der Waals surface area contributed by atoms with Gasteiger partial charge in [0.15, 0.2) is 0 Å². The molecule has 4 heteroatoms. The van der Waals surface area contributed by atoms with Gasteiger partial charge in [0.2, 0.25) is 5.95 Å². The summed E-state index contributed by atoms with van der Waals surface area (Å²) in [6.07, 6.45) is 4.34. The Kier molecular flexibility index (Phi) is 3.75. The molecule has 0 fully saturated rings. The Hall–Kier alpha value is -1.84. The molecule has 1 heterocycles. The number of aryl methyl sites for hydroxylation is 1. The second-order valence-corrected chi connectivity index (χ2v) is 3.81. The number of halogens is 1. The van der Waals surface area contributed by atoms with Crippen molar-refractivity contribution in [2.75, 3.05) is 11.9 Å². The van der Waals surface area contributed by atoms with E-state index in [2.05, 4.69) is 17.2 Å². The molecule has 0 spiro atoms. The summed E-state index contributed by atoms with van der Waals surface area (Å²) >= 11 is 0. The van der Waals surface area contributed by atoms with Crippen molar-refractivity contribution >= 4 is 5.95 Å². The third-order valence-electron chi connectivity index (χ3n) is 2.69. The van der Waals surface area contributed by atoms with Crippen LogP contribution in [0.2, 0.25) is 0 Å². The fourth-order valence-corrected chi connectivity index (χ4v) is 1.74. The summed E-state index contributed by atoms with van der Waals surface area (Å²) in [4.78, 5) is 4.20. The van der Waals surface area contributed by atoms with Crippen molar-refractivity contribution in [3.63, 3.8) is 0 Å². The van der Waals surface area contributed by atoms with E-state index in [1.807, 2.05) is 22.9 Å². The number of benzene rings is 1. The molecule has 1 aromatic carbocycles. The number of anilines is 1. The van der Waals surface area contributed by atoms with Gasteiger partial charge in [0.05, 0.1) is 0 Å². The van der Waals surface area contributed by atoms with E-state index < -0.39 is 0 Å². The Morgan fingerprint density at radius 1 is 1.35 bits per heavy atom. The molecule has 0 unspecified atom stereocenters. The lowest BCUT2D eigenvalue weighted by atomic mass is 10.1. The Morgan fingerprint density at radius 2 is 2.18 bits per heavy atom. The van der Waals surface area contributed by atoms with Gasteiger partial charge in [-0.3, -0.25) is 0 Å². The second kappa shape index (κ2) is 5.48. The third-order valence-corrected chi connectivity index (χ3v) is 2.69. The molecule has 0 aliphatic rings. The minimum atomic E-state index is -0.145. The van der Waals surface area contributed by atoms with Gasteiger partial charge >= 0.3 is 0 Å². The van der Waals surface area contributed by atoms with Crippen LogP contribution >= 0.6 is 0 Å². The minimum absolute atomic E-state index is 0.145. The lowest BCUT2D eigenvalue weighted by molar-refractivity contribution is 0.610. The Morgan fingerprint density at radius 3 is 2.94 bits per heavy atom. The maximum atomic E-state index is 13.4. The van der Waals surface area contributed by atoms with E-state index in [-0.39, 0.29) is 5.82 Å². The normalized spacial score (nSPS) is 10.5. The predicted molar refractivity (Wildman–Crippen MR) is 66.5 cm³/mol. The smallest absolute Gasteiger partial charge is 0.202 e. The molecule has 1 N–H and O–H groups in total. The van der Waals surface area contributed by atoms with Gasteiger partial charge in [0.25, 0.3) is 0 Å². The number of imidazole rings is 1. The van der Waals surface area contributed by atoms with E-state index in [0.717, 1.165) is 18.1 Å². The van der Waals surface area contributed by atoms with E-state index in [4.69, 9.17) is 0 Å². The molecule has 0 saturated heterocycles. The minimum Gasteiger partial charge on any atom is -0.355 e. The summed E-state index contributed by atoms with van der Waals surface area (Å²) in [7, 11) is 0. The molecule has 0 saturated carbocycles. The van der Waals surface area contributed by atoms with Crippen LogP contribution in [0.4, 0.5) is 10.3 Å². The van der Waals surface area contributed by atoms with E-state index in [9.17, 15) is 4.39 Å². The number of hydrogen-bond acceptors (Lipinski definition) is 2. The number of nitrogens with one attached hydrogen (secondary N) is 1. The van der Waals surface area contributed by atoms with Crippen LogP contribution in [0.5, 0.6) is 0 Å². The molecule has 17 heavy (non-hydrogen) atoms. The summed E-state index contributed by atoms with van der Waals surface area (Å²) in [5, 5.41) is 3.21. The molecule has 1 aromatic heterocycles. The average Bonchev–Trinajstić information content (AvgIpc) is 2.79. The molecule has 2 rings (SSSR count). The van der Waals surface area contributed by atoms with Crippen LogP contribution < -0.4 is 5.32 Å². The van der Waals surface area contributed by atoms with Gasteiger partial charge in [-0.15, -0.1) is 0 Å². The van der Waals surface area contributed by atoms with Crippen molar-refractivity contribution in [1.29, 1.82) is 0 Å². The number of hydrogen-bond donors (Lipinski definition) is 1. The lowest BCUT2D eigenvalue weighted by Gasteiger charge is -2.08. The van der Waals surface area contributed by atoms with Crippen molar-refractivity contribution in [1.82, 2.24) is 9.55 Å². The van der Waals surface area contributed by atoms with E-state index in [1.54, 1.807) is 12.3 Å². The van der Waals surface area contributed by atoms with Crippen molar-refractivity contribution in [3.8, 4) is 0 Å². The highest BCUT2D eigenvalue weighted by molar-refractivity contribution is 5.27. The first-order valence-corrected chi connectivity index (χ1v) is 5.79. The van der Waals surface area contributed by atoms with Crippen LogP contribution in [-0.4, -0.2) is 16.1 Å². The van der Waals surface area contributed by atoms with E-state index in [1.165, 1.54) is 6.07 Å². The van der Waals surface area contributed by atoms with Gasteiger partial charge in [-0.2, -0.15) is 0 Å². The van der Waals surface area contributed by atoms with Crippen molar-refractivity contribution in [2.45, 2.75) is 19.9 Å². The topological polar surface area (TPSA) is 29.9 Å². The fraction of sp³-hybridized carbons (Fsp3) is 0.308. The van der Waals surface area contributed by atoms with Gasteiger partial charge < -0.3 is 9.88 Å². The van der Waals surface area contributed by atoms with Crippen LogP contribution in [0.15, 0.2) is 36.7 Å². The van der Waals surface area contributed by atoms with Crippen molar-refractivity contribution in [2.24, 2.45) is 0 Å². The molecule has 0 bridgehead atoms. The number of nitrogens with zero attached hydrogens (tertiary/aromatic N) is 2. The molecule has 0 atom stereocenters. The van der Waals surface area contributed by atoms with Gasteiger partial charge in [0.1, 0.15) is 5.82 Å². The van der Waals surface area contributed by atoms with Crippen molar-refractivity contribution in [3.05, 3.63) is 48.0 Å². The largest absolute Gasteiger partial charge is 0.355 e. The quantitative estimate of drug-likeness (QED) is 0.860. The maximum Gasteiger partial charge on any atom is 0.202 e. The monoisotopic (exact) mass is 233 g/mol. The third kappa shape index (κ3) is 2.84. The summed E-state index contributed by atoms with van der Waals surface area (Å²) < 4.78 is 15.4. The van der Waals surface area contributed by atoms with Crippen LogP contribution in [0.3, 0.4) is 0 Å². The zero-order valence-corrected chi connectivity index (χ0v) is 9.86. The first-order valence-electron chi connectivity index (χ1n) is 5.79. The standard InChI is InChI=1S/C13H16FN3/c1-2-17-10-9-16-13(17)15-8-7-11-5-3-4-6-12(11)14/h3-6,9-10H,2,7-8H2,1H3,(H,15,16). The summed E-state index contributed by atoms with van der Waals surface area (Å²) in [6, 6.07) is 6.85. The molecule has 0 amide bonds. The second-order valence-electron chi connectivity index (χ2n) is 3.81. The van der Waals surface area contributed by atoms with Gasteiger partial charge in [-0.05, 0) is 25.0 Å². The van der Waals surface area contributed by atoms with Gasteiger partial charge in [-0.25, -0.2) is 9.37 Å². The molecule has 3 nitrogen and oxygen atoms in total. The Bertz CT molecular complexity index is 479. The summed E-state index contributed by atoms with van der Waals surface area (Å²) in [6.45, 7) is 3.61. The molecule has 0 aliphatic heterocycles. The van der Waals surface area contributed by atoms with Crippen LogP contribution in [-0.2, 0) is 13.0 Å². The molecule has 0 radical (unpaired) electrons. The Balaban J connectivity index is 1.90. The molecule has 0 aliphatic carbocycles. The van der Waals surface area contributed by atoms with Crippen LogP contribution in [0.1, 0.15) is 12.5 Å². The van der Waals surface area contributed by atoms with Gasteiger partial charge in [-0.1, -0.05) is 18.2 Å². The van der Waals surface area contributed by atoms with Crippen LogP contribution in [0, 0.1) is 5.82 Å². The number of aromatic nitrogens is 2. The van der Waals surface area contributed by atoms with E-state index >= 15 is 0 Å². The van der Waals surface area contributed by atoms with Crippen LogP contribution in [0.25, 0.3) is 0 Å². The lowest BCUT2D eigenvalue weighted by Crippen LogP contribution is -2.10. The zero-order chi connectivity index (χ0) is 12.1. The molecular formula is C13H16FN3. The summed E-state index contributed by atoms with van der Waals surface area (Å²) in [5.41, 5.74) is 0.731. The first-order chi connectivity index (χ1) is 8.31. The predicted octanol–water partition coefficient (Wildman–Crippen LogP) is 2.70. The van der Waals surface area contributed by atoms with E-state index in [0.29, 0.717) is 13.0 Å². The maximum absolute atomic E-state index is 13.4. The molecule has 2 aromatic rings.